The summed E-state index contributed by atoms with van der Waals surface area (Å²) in [6.45, 7) is 3.97. The first-order chi connectivity index (χ1) is 19.0. The molecule has 13 heteroatoms. The van der Waals surface area contributed by atoms with Crippen molar-refractivity contribution in [3.8, 4) is 0 Å². The van der Waals surface area contributed by atoms with Crippen molar-refractivity contribution in [2.24, 2.45) is 0 Å². The molecule has 2 aliphatic heterocycles. The molecule has 0 unspecified atom stereocenters. The molecule has 2 fully saturated rings. The minimum Gasteiger partial charge on any atom is -0.423 e. The van der Waals surface area contributed by atoms with Gasteiger partial charge >= 0.3 is 6.01 Å². The van der Waals surface area contributed by atoms with Crippen LogP contribution in [0.15, 0.2) is 41.1 Å². The van der Waals surface area contributed by atoms with E-state index in [4.69, 9.17) is 21.8 Å². The Morgan fingerprint density at radius 2 is 2.03 bits per heavy atom. The molecule has 1 atom stereocenters. The largest absolute Gasteiger partial charge is 0.423 e. The number of hydrogen-bond acceptors (Lipinski definition) is 9. The molecule has 2 aliphatic rings. The molecule has 202 valence electrons. The van der Waals surface area contributed by atoms with Gasteiger partial charge in [0, 0.05) is 30.7 Å². The van der Waals surface area contributed by atoms with Crippen LogP contribution in [0.1, 0.15) is 42.2 Å². The number of piperidine rings is 1. The first-order valence-electron chi connectivity index (χ1n) is 13.0. The van der Waals surface area contributed by atoms with E-state index in [0.29, 0.717) is 46.7 Å². The lowest BCUT2D eigenvalue weighted by Crippen LogP contribution is -2.30. The molecule has 5 heterocycles. The van der Waals surface area contributed by atoms with E-state index in [1.165, 1.54) is 25.6 Å². The summed E-state index contributed by atoms with van der Waals surface area (Å²) in [5, 5.41) is 8.06. The molecule has 2 amide bonds. The molecule has 2 saturated heterocycles. The highest BCUT2D eigenvalue weighted by atomic mass is 35.5. The van der Waals surface area contributed by atoms with E-state index >= 15 is 0 Å². The van der Waals surface area contributed by atoms with Crippen molar-refractivity contribution in [2.75, 3.05) is 43.8 Å². The first-order valence-corrected chi connectivity index (χ1v) is 13.4. The molecule has 3 aromatic heterocycles. The Morgan fingerprint density at radius 1 is 1.18 bits per heavy atom. The highest BCUT2D eigenvalue weighted by Gasteiger charge is 2.31. The molecule has 0 bridgehead atoms. The molecule has 1 aromatic carbocycles. The number of halogens is 1. The average molecular weight is 550 g/mol. The number of likely N-dealkylation sites (tertiary alicyclic amines) is 2. The fourth-order valence-electron chi connectivity index (χ4n) is 5.21. The number of carbonyl (C=O) groups excluding carboxylic acids is 2. The Bertz CT molecular complexity index is 1570. The second-order valence-corrected chi connectivity index (χ2v) is 10.3. The maximum atomic E-state index is 13.3. The second kappa shape index (κ2) is 10.6. The predicted octanol–water partition coefficient (Wildman–Crippen LogP) is 3.27. The number of aromatic nitrogens is 5. The third kappa shape index (κ3) is 5.17. The van der Waals surface area contributed by atoms with Crippen LogP contribution in [0, 0.1) is 0 Å². The van der Waals surface area contributed by atoms with Crippen molar-refractivity contribution in [3.63, 3.8) is 0 Å². The van der Waals surface area contributed by atoms with Crippen LogP contribution in [0.2, 0.25) is 5.02 Å². The minimum absolute atomic E-state index is 0.00404. The number of nitrogens with one attached hydrogen (secondary N) is 1. The van der Waals surface area contributed by atoms with Crippen LogP contribution in [-0.2, 0) is 4.79 Å². The molecule has 12 nitrogen and oxygen atoms in total. The number of nitrogens with two attached hydrogens (primary N) is 1. The lowest BCUT2D eigenvalue weighted by atomic mass is 10.1. The Hall–Kier alpha value is -4.03. The number of amides is 2. The van der Waals surface area contributed by atoms with Gasteiger partial charge in [-0.05, 0) is 50.6 Å². The Balaban J connectivity index is 1.19. The molecule has 4 aromatic rings. The van der Waals surface area contributed by atoms with Gasteiger partial charge in [-0.3, -0.25) is 19.8 Å². The Morgan fingerprint density at radius 3 is 2.87 bits per heavy atom. The summed E-state index contributed by atoms with van der Waals surface area (Å²) in [4.78, 5) is 43.0. The van der Waals surface area contributed by atoms with Gasteiger partial charge in [0.05, 0.1) is 11.4 Å². The van der Waals surface area contributed by atoms with Crippen molar-refractivity contribution in [1.82, 2.24) is 34.5 Å². The Labute approximate surface area is 228 Å². The van der Waals surface area contributed by atoms with E-state index in [0.717, 1.165) is 19.6 Å². The number of anilines is 2. The third-order valence-corrected chi connectivity index (χ3v) is 7.43. The Kier molecular flexibility index (Phi) is 6.88. The quantitative estimate of drug-likeness (QED) is 0.345. The number of fused-ring (bicyclic) bond motifs is 2. The van der Waals surface area contributed by atoms with Crippen molar-refractivity contribution < 1.29 is 14.0 Å². The number of rotatable bonds is 6. The number of benzene rings is 1. The molecular weight excluding hydrogens is 522 g/mol. The zero-order valence-electron chi connectivity index (χ0n) is 21.2. The lowest BCUT2D eigenvalue weighted by Gasteiger charge is -2.24. The van der Waals surface area contributed by atoms with Crippen molar-refractivity contribution in [2.45, 2.75) is 31.7 Å². The molecule has 0 saturated carbocycles. The monoisotopic (exact) mass is 549 g/mol. The summed E-state index contributed by atoms with van der Waals surface area (Å²) in [6, 6.07) is 4.82. The molecular formula is C26H28ClN9O3. The topological polar surface area (TPSA) is 148 Å². The van der Waals surface area contributed by atoms with Crippen LogP contribution in [-0.4, -0.2) is 79.1 Å². The number of nitrogen functional groups attached to an aromatic ring is 1. The molecule has 0 aliphatic carbocycles. The van der Waals surface area contributed by atoms with Gasteiger partial charge in [-0.25, -0.2) is 14.6 Å². The van der Waals surface area contributed by atoms with Gasteiger partial charge in [-0.15, -0.1) is 0 Å². The van der Waals surface area contributed by atoms with E-state index in [-0.39, 0.29) is 29.5 Å². The van der Waals surface area contributed by atoms with Crippen molar-refractivity contribution in [1.29, 1.82) is 0 Å². The van der Waals surface area contributed by atoms with Crippen LogP contribution in [0.4, 0.5) is 11.8 Å². The van der Waals surface area contributed by atoms with Crippen LogP contribution in [0.5, 0.6) is 0 Å². The smallest absolute Gasteiger partial charge is 0.302 e. The lowest BCUT2D eigenvalue weighted by molar-refractivity contribution is -0.125. The summed E-state index contributed by atoms with van der Waals surface area (Å²) in [5.41, 5.74) is 7.62. The van der Waals surface area contributed by atoms with Gasteiger partial charge in [-0.1, -0.05) is 24.1 Å². The summed E-state index contributed by atoms with van der Waals surface area (Å²) >= 11 is 6.02. The number of carbonyl (C=O) groups is 2. The first kappa shape index (κ1) is 25.3. The zero-order chi connectivity index (χ0) is 26.9. The second-order valence-electron chi connectivity index (χ2n) is 9.83. The molecule has 39 heavy (non-hydrogen) atoms. The number of oxazole rings is 1. The highest BCUT2D eigenvalue weighted by Crippen LogP contribution is 2.30. The van der Waals surface area contributed by atoms with Crippen LogP contribution < -0.4 is 11.1 Å². The van der Waals surface area contributed by atoms with Crippen molar-refractivity contribution >= 4 is 57.4 Å². The van der Waals surface area contributed by atoms with Gasteiger partial charge < -0.3 is 15.1 Å². The standard InChI is InChI=1S/C26H28ClN9O3/c27-16-6-7-19-18(13-16)31-26(39-19)32-25(38)22-21-23(28)29-15-30-24(21)36(33-22)17-8-12-35(14-17)20(37)5-4-11-34-9-2-1-3-10-34/h4-7,13,15,17H,1-3,8-12,14H2,(H2,28,29,30)(H,31,32,38)/t17-/m1/s1. The molecule has 0 spiro atoms. The maximum Gasteiger partial charge on any atom is 0.302 e. The summed E-state index contributed by atoms with van der Waals surface area (Å²) < 4.78 is 7.29. The van der Waals surface area contributed by atoms with Crippen molar-refractivity contribution in [3.05, 3.63) is 47.4 Å². The van der Waals surface area contributed by atoms with Crippen LogP contribution in [0.3, 0.4) is 0 Å². The number of nitrogens with zero attached hydrogens (tertiary/aromatic N) is 7. The van der Waals surface area contributed by atoms with E-state index in [1.54, 1.807) is 33.9 Å². The normalized spacial score (nSPS) is 18.5. The zero-order valence-corrected chi connectivity index (χ0v) is 22.0. The van der Waals surface area contributed by atoms with Gasteiger partial charge in [0.15, 0.2) is 16.9 Å². The van der Waals surface area contributed by atoms with Gasteiger partial charge in [0.25, 0.3) is 5.91 Å². The SMILES string of the molecule is Nc1ncnc2c1c(C(=O)Nc1nc3cc(Cl)ccc3o1)nn2[C@@H]1CCN(C(=O)C=CCN2CCCCC2)C1. The summed E-state index contributed by atoms with van der Waals surface area (Å²) in [7, 11) is 0. The number of hydrogen-bond donors (Lipinski definition) is 2. The minimum atomic E-state index is -0.565. The third-order valence-electron chi connectivity index (χ3n) is 7.20. The van der Waals surface area contributed by atoms with E-state index in [2.05, 4.69) is 30.3 Å². The fraction of sp³-hybridized carbons (Fsp3) is 0.385. The maximum absolute atomic E-state index is 13.3. The van der Waals surface area contributed by atoms with E-state index in [1.807, 2.05) is 6.08 Å². The van der Waals surface area contributed by atoms with Crippen LogP contribution in [0.25, 0.3) is 22.1 Å². The van der Waals surface area contributed by atoms with E-state index in [9.17, 15) is 9.59 Å². The summed E-state index contributed by atoms with van der Waals surface area (Å²) in [5.74, 6) is -0.467. The van der Waals surface area contributed by atoms with Crippen LogP contribution >= 0.6 is 11.6 Å². The molecule has 0 radical (unpaired) electrons. The van der Waals surface area contributed by atoms with Gasteiger partial charge in [-0.2, -0.15) is 10.1 Å². The average Bonchev–Trinajstić information content (AvgIpc) is 3.66. The summed E-state index contributed by atoms with van der Waals surface area (Å²) in [6.07, 6.45) is 9.31. The van der Waals surface area contributed by atoms with Gasteiger partial charge in [0.2, 0.25) is 5.91 Å². The van der Waals surface area contributed by atoms with Gasteiger partial charge in [0.1, 0.15) is 17.7 Å². The van der Waals surface area contributed by atoms with E-state index < -0.39 is 5.91 Å². The highest BCUT2D eigenvalue weighted by molar-refractivity contribution is 6.31. The fourth-order valence-corrected chi connectivity index (χ4v) is 5.38. The molecule has 6 rings (SSSR count). The molecule has 3 N–H and O–H groups in total. The predicted molar refractivity (Wildman–Crippen MR) is 146 cm³/mol.